The van der Waals surface area contributed by atoms with Gasteiger partial charge in [-0.15, -0.1) is 0 Å². The van der Waals surface area contributed by atoms with Crippen LogP contribution in [0.25, 0.3) is 11.1 Å². The van der Waals surface area contributed by atoms with Crippen molar-refractivity contribution >= 4 is 5.78 Å². The number of hydrogen-bond acceptors (Lipinski definition) is 2. The van der Waals surface area contributed by atoms with Gasteiger partial charge in [0.05, 0.1) is 6.26 Å². The fourth-order valence-electron chi connectivity index (χ4n) is 3.49. The largest absolute Gasteiger partial charge is 0.461 e. The summed E-state index contributed by atoms with van der Waals surface area (Å²) in [7, 11) is 0. The Kier molecular flexibility index (Phi) is 6.64. The van der Waals surface area contributed by atoms with Gasteiger partial charge in [0.15, 0.2) is 5.76 Å². The van der Waals surface area contributed by atoms with E-state index in [1.165, 1.54) is 35.1 Å². The van der Waals surface area contributed by atoms with E-state index in [0.717, 1.165) is 25.7 Å². The van der Waals surface area contributed by atoms with Crippen LogP contribution in [-0.2, 0) is 12.8 Å². The summed E-state index contributed by atoms with van der Waals surface area (Å²) in [5.74, 6) is 0.344. The van der Waals surface area contributed by atoms with E-state index in [-0.39, 0.29) is 5.78 Å². The summed E-state index contributed by atoms with van der Waals surface area (Å²) in [6.07, 6.45) is 8.24. The zero-order valence-electron chi connectivity index (χ0n) is 16.3. The number of furan rings is 1. The summed E-state index contributed by atoms with van der Waals surface area (Å²) in [6.45, 7) is 4.43. The zero-order chi connectivity index (χ0) is 19.1. The third-order valence-electron chi connectivity index (χ3n) is 5.02. The first kappa shape index (κ1) is 19.2. The summed E-state index contributed by atoms with van der Waals surface area (Å²) >= 11 is 0. The molecule has 0 aliphatic carbocycles. The van der Waals surface area contributed by atoms with Gasteiger partial charge in [-0.1, -0.05) is 63.1 Å². The van der Waals surface area contributed by atoms with Gasteiger partial charge in [-0.05, 0) is 66.1 Å². The highest BCUT2D eigenvalue weighted by Crippen LogP contribution is 2.30. The zero-order valence-corrected chi connectivity index (χ0v) is 16.3. The van der Waals surface area contributed by atoms with Gasteiger partial charge in [0.2, 0.25) is 5.78 Å². The third-order valence-corrected chi connectivity index (χ3v) is 5.02. The SMILES string of the molecule is CCCCc1ccccc1-c1ccc(C(=O)c2ccco2)cc1CCCC. The predicted octanol–water partition coefficient (Wildman–Crippen LogP) is 6.86. The Balaban J connectivity index is 2.01. The van der Waals surface area contributed by atoms with Crippen LogP contribution in [0.15, 0.2) is 65.3 Å². The van der Waals surface area contributed by atoms with Crippen LogP contribution in [0.1, 0.15) is 66.8 Å². The van der Waals surface area contributed by atoms with Crippen molar-refractivity contribution < 1.29 is 9.21 Å². The number of hydrogen-bond donors (Lipinski definition) is 0. The second-order valence-corrected chi connectivity index (χ2v) is 7.04. The van der Waals surface area contributed by atoms with Crippen molar-refractivity contribution in [3.05, 3.63) is 83.3 Å². The molecule has 2 heteroatoms. The maximum atomic E-state index is 12.7. The quantitative estimate of drug-likeness (QED) is 0.390. The van der Waals surface area contributed by atoms with Crippen LogP contribution < -0.4 is 0 Å². The van der Waals surface area contributed by atoms with Crippen molar-refractivity contribution in [2.75, 3.05) is 0 Å². The van der Waals surface area contributed by atoms with Gasteiger partial charge in [-0.25, -0.2) is 0 Å². The molecule has 3 aromatic rings. The molecule has 0 radical (unpaired) electrons. The Labute approximate surface area is 162 Å². The fraction of sp³-hybridized carbons (Fsp3) is 0.320. The Morgan fingerprint density at radius 1 is 0.815 bits per heavy atom. The first-order chi connectivity index (χ1) is 13.2. The Hall–Kier alpha value is -2.61. The van der Waals surface area contributed by atoms with Gasteiger partial charge < -0.3 is 4.42 Å². The molecular formula is C25H28O2. The lowest BCUT2D eigenvalue weighted by atomic mass is 9.89. The average molecular weight is 360 g/mol. The normalized spacial score (nSPS) is 10.9. The second kappa shape index (κ2) is 9.36. The van der Waals surface area contributed by atoms with Crippen molar-refractivity contribution in [1.82, 2.24) is 0 Å². The highest BCUT2D eigenvalue weighted by molar-refractivity contribution is 6.07. The highest BCUT2D eigenvalue weighted by atomic mass is 16.3. The molecule has 0 fully saturated rings. The maximum absolute atomic E-state index is 12.7. The van der Waals surface area contributed by atoms with Gasteiger partial charge in [-0.3, -0.25) is 4.79 Å². The first-order valence-electron chi connectivity index (χ1n) is 10.0. The van der Waals surface area contributed by atoms with Crippen molar-refractivity contribution in [2.45, 2.75) is 52.4 Å². The van der Waals surface area contributed by atoms with Crippen molar-refractivity contribution in [3.63, 3.8) is 0 Å². The number of carbonyl (C=O) groups is 1. The molecule has 3 rings (SSSR count). The number of benzene rings is 2. The van der Waals surface area contributed by atoms with Crippen LogP contribution in [0, 0.1) is 0 Å². The number of aryl methyl sites for hydroxylation is 2. The minimum absolute atomic E-state index is 0.0523. The van der Waals surface area contributed by atoms with Gasteiger partial charge >= 0.3 is 0 Å². The number of rotatable bonds is 9. The van der Waals surface area contributed by atoms with Crippen LogP contribution in [0.3, 0.4) is 0 Å². The molecule has 0 saturated heterocycles. The van der Waals surface area contributed by atoms with E-state index >= 15 is 0 Å². The van der Waals surface area contributed by atoms with Gasteiger partial charge in [0.25, 0.3) is 0 Å². The van der Waals surface area contributed by atoms with Crippen molar-refractivity contribution in [2.24, 2.45) is 0 Å². The Bertz CT molecular complexity index is 875. The minimum atomic E-state index is -0.0523. The summed E-state index contributed by atoms with van der Waals surface area (Å²) in [4.78, 5) is 12.7. The summed E-state index contributed by atoms with van der Waals surface area (Å²) in [5.41, 5.74) is 5.89. The van der Waals surface area contributed by atoms with Gasteiger partial charge in [0, 0.05) is 5.56 Å². The van der Waals surface area contributed by atoms with E-state index in [2.05, 4.69) is 50.2 Å². The van der Waals surface area contributed by atoms with E-state index in [1.807, 2.05) is 6.07 Å². The molecule has 2 aromatic carbocycles. The molecule has 0 unspecified atom stereocenters. The van der Waals surface area contributed by atoms with E-state index in [0.29, 0.717) is 11.3 Å². The second-order valence-electron chi connectivity index (χ2n) is 7.04. The Morgan fingerprint density at radius 2 is 1.52 bits per heavy atom. The van der Waals surface area contributed by atoms with Crippen LogP contribution in [0.4, 0.5) is 0 Å². The summed E-state index contributed by atoms with van der Waals surface area (Å²) in [5, 5.41) is 0. The fourth-order valence-corrected chi connectivity index (χ4v) is 3.49. The monoisotopic (exact) mass is 360 g/mol. The molecule has 0 N–H and O–H groups in total. The van der Waals surface area contributed by atoms with Crippen LogP contribution in [0.2, 0.25) is 0 Å². The smallest absolute Gasteiger partial charge is 0.228 e. The lowest BCUT2D eigenvalue weighted by molar-refractivity contribution is 0.101. The molecule has 1 heterocycles. The minimum Gasteiger partial charge on any atom is -0.461 e. The number of unbranched alkanes of at least 4 members (excludes halogenated alkanes) is 2. The molecule has 1 aromatic heterocycles. The molecule has 0 saturated carbocycles. The Morgan fingerprint density at radius 3 is 2.22 bits per heavy atom. The lowest BCUT2D eigenvalue weighted by Gasteiger charge is -2.15. The molecular weight excluding hydrogens is 332 g/mol. The molecule has 0 spiro atoms. The highest BCUT2D eigenvalue weighted by Gasteiger charge is 2.16. The van der Waals surface area contributed by atoms with Gasteiger partial charge in [0.1, 0.15) is 0 Å². The van der Waals surface area contributed by atoms with E-state index < -0.39 is 0 Å². The van der Waals surface area contributed by atoms with E-state index in [4.69, 9.17) is 4.42 Å². The van der Waals surface area contributed by atoms with Crippen molar-refractivity contribution in [1.29, 1.82) is 0 Å². The number of ketones is 1. The molecule has 0 aliphatic heterocycles. The standard InChI is InChI=1S/C25H28O2/c1-3-5-10-19-12-7-8-13-22(19)23-16-15-21(18-20(23)11-6-4-2)25(26)24-14-9-17-27-24/h7-9,12-18H,3-6,10-11H2,1-2H3. The van der Waals surface area contributed by atoms with Gasteiger partial charge in [-0.2, -0.15) is 0 Å². The molecule has 27 heavy (non-hydrogen) atoms. The predicted molar refractivity (Wildman–Crippen MR) is 111 cm³/mol. The van der Waals surface area contributed by atoms with E-state index in [1.54, 1.807) is 18.4 Å². The molecule has 0 amide bonds. The maximum Gasteiger partial charge on any atom is 0.228 e. The van der Waals surface area contributed by atoms with Crippen LogP contribution >= 0.6 is 0 Å². The molecule has 0 aliphatic rings. The molecule has 0 atom stereocenters. The van der Waals surface area contributed by atoms with Crippen LogP contribution in [0.5, 0.6) is 0 Å². The van der Waals surface area contributed by atoms with Crippen LogP contribution in [-0.4, -0.2) is 5.78 Å². The summed E-state index contributed by atoms with van der Waals surface area (Å²) < 4.78 is 5.30. The molecule has 2 nitrogen and oxygen atoms in total. The summed E-state index contributed by atoms with van der Waals surface area (Å²) in [6, 6.07) is 18.3. The first-order valence-corrected chi connectivity index (χ1v) is 10.0. The van der Waals surface area contributed by atoms with E-state index in [9.17, 15) is 4.79 Å². The number of carbonyl (C=O) groups excluding carboxylic acids is 1. The topological polar surface area (TPSA) is 30.2 Å². The molecule has 140 valence electrons. The molecule has 0 bridgehead atoms. The van der Waals surface area contributed by atoms with Crippen molar-refractivity contribution in [3.8, 4) is 11.1 Å². The third kappa shape index (κ3) is 4.57. The lowest BCUT2D eigenvalue weighted by Crippen LogP contribution is -2.03. The average Bonchev–Trinajstić information content (AvgIpc) is 3.25.